The van der Waals surface area contributed by atoms with E-state index in [9.17, 15) is 31.9 Å². The largest absolute Gasteiger partial charge is 0.346 e. The van der Waals surface area contributed by atoms with Crippen molar-refractivity contribution in [1.29, 1.82) is 0 Å². The summed E-state index contributed by atoms with van der Waals surface area (Å²) in [6, 6.07) is 5.04. The van der Waals surface area contributed by atoms with Crippen LogP contribution >= 0.6 is 0 Å². The molecule has 0 spiro atoms. The molecular weight excluding hydrogens is 382 g/mol. The monoisotopic (exact) mass is 395 g/mol. The molecule has 0 fully saturated rings. The van der Waals surface area contributed by atoms with Crippen molar-refractivity contribution >= 4 is 29.1 Å². The first-order valence-electron chi connectivity index (χ1n) is 8.06. The predicted octanol–water partition coefficient (Wildman–Crippen LogP) is 2.42. The van der Waals surface area contributed by atoms with E-state index in [1.807, 2.05) is 5.32 Å². The molecule has 1 unspecified atom stereocenters. The lowest BCUT2D eigenvalue weighted by molar-refractivity contribution is -0.127. The van der Waals surface area contributed by atoms with Crippen molar-refractivity contribution in [3.05, 3.63) is 59.2 Å². The van der Waals surface area contributed by atoms with E-state index < -0.39 is 59.1 Å². The maximum absolute atomic E-state index is 13.6. The third-order valence-corrected chi connectivity index (χ3v) is 4.10. The Hall–Kier alpha value is -3.43. The van der Waals surface area contributed by atoms with Crippen molar-refractivity contribution < 1.29 is 31.9 Å². The van der Waals surface area contributed by atoms with Crippen LogP contribution < -0.4 is 16.0 Å². The summed E-state index contributed by atoms with van der Waals surface area (Å²) in [6.07, 6.45) is -0.204. The first kappa shape index (κ1) is 19.3. The lowest BCUT2D eigenvalue weighted by Crippen LogP contribution is -2.39. The summed E-state index contributed by atoms with van der Waals surface area (Å²) < 4.78 is 52.9. The first-order chi connectivity index (χ1) is 13.3. The minimum absolute atomic E-state index is 0.157. The van der Waals surface area contributed by atoms with Crippen LogP contribution in [0.2, 0.25) is 0 Å². The topological polar surface area (TPSA) is 87.3 Å². The van der Waals surface area contributed by atoms with E-state index in [2.05, 4.69) is 10.6 Å². The number of amides is 3. The van der Waals surface area contributed by atoms with E-state index in [-0.39, 0.29) is 12.1 Å². The molecule has 28 heavy (non-hydrogen) atoms. The van der Waals surface area contributed by atoms with E-state index in [4.69, 9.17) is 0 Å². The molecule has 2 aromatic rings. The van der Waals surface area contributed by atoms with E-state index in [0.29, 0.717) is 11.6 Å². The van der Waals surface area contributed by atoms with Gasteiger partial charge in [-0.15, -0.1) is 0 Å². The summed E-state index contributed by atoms with van der Waals surface area (Å²) >= 11 is 0. The smallest absolute Gasteiger partial charge is 0.243 e. The van der Waals surface area contributed by atoms with E-state index in [0.717, 1.165) is 18.2 Å². The number of carbonyl (C=O) groups excluding carboxylic acids is 3. The van der Waals surface area contributed by atoms with Gasteiger partial charge in [-0.2, -0.15) is 0 Å². The Morgan fingerprint density at radius 3 is 2.57 bits per heavy atom. The molecule has 0 aliphatic carbocycles. The predicted molar refractivity (Wildman–Crippen MR) is 90.3 cm³/mol. The average molecular weight is 395 g/mol. The van der Waals surface area contributed by atoms with Crippen LogP contribution in [0.4, 0.5) is 28.9 Å². The van der Waals surface area contributed by atoms with Crippen LogP contribution in [0.5, 0.6) is 0 Å². The molecule has 0 bridgehead atoms. The molecule has 10 heteroatoms. The molecule has 3 N–H and O–H groups in total. The minimum atomic E-state index is -1.74. The van der Waals surface area contributed by atoms with Crippen LogP contribution in [0.25, 0.3) is 0 Å². The van der Waals surface area contributed by atoms with Gasteiger partial charge in [0.05, 0.1) is 18.2 Å². The van der Waals surface area contributed by atoms with Gasteiger partial charge in [-0.1, -0.05) is 6.07 Å². The number of benzene rings is 2. The Morgan fingerprint density at radius 1 is 1.07 bits per heavy atom. The number of carbonyl (C=O) groups is 3. The van der Waals surface area contributed by atoms with E-state index >= 15 is 0 Å². The highest BCUT2D eigenvalue weighted by molar-refractivity contribution is 6.02. The Labute approximate surface area is 155 Å². The van der Waals surface area contributed by atoms with Gasteiger partial charge in [0.2, 0.25) is 17.7 Å². The van der Waals surface area contributed by atoms with Gasteiger partial charge in [-0.3, -0.25) is 14.4 Å². The molecule has 3 amide bonds. The van der Waals surface area contributed by atoms with Crippen molar-refractivity contribution in [1.82, 2.24) is 5.32 Å². The third-order valence-electron chi connectivity index (χ3n) is 4.10. The average Bonchev–Trinajstić information content (AvgIpc) is 2.65. The van der Waals surface area contributed by atoms with Gasteiger partial charge < -0.3 is 16.0 Å². The maximum atomic E-state index is 13.6. The zero-order valence-electron chi connectivity index (χ0n) is 14.1. The van der Waals surface area contributed by atoms with Gasteiger partial charge in [-0.25, -0.2) is 17.6 Å². The molecule has 0 radical (unpaired) electrons. The van der Waals surface area contributed by atoms with Crippen LogP contribution in [0.1, 0.15) is 17.9 Å². The number of hydrogen-bond acceptors (Lipinski definition) is 3. The molecule has 146 valence electrons. The van der Waals surface area contributed by atoms with Gasteiger partial charge in [0.1, 0.15) is 5.82 Å². The van der Waals surface area contributed by atoms with Gasteiger partial charge in [0.15, 0.2) is 17.5 Å². The quantitative estimate of drug-likeness (QED) is 0.549. The Balaban J connectivity index is 1.65. The molecule has 1 atom stereocenters. The number of anilines is 2. The molecule has 0 aromatic heterocycles. The van der Waals surface area contributed by atoms with Crippen molar-refractivity contribution in [3.63, 3.8) is 0 Å². The Morgan fingerprint density at radius 2 is 1.82 bits per heavy atom. The highest BCUT2D eigenvalue weighted by Gasteiger charge is 2.31. The molecule has 3 rings (SSSR count). The SMILES string of the molecule is O=C1CC(C(=O)NCC(=O)Nc2ccc(F)c(F)c2F)c2ccc(F)cc2N1. The molecule has 1 aliphatic rings. The Kier molecular flexibility index (Phi) is 5.30. The number of rotatable bonds is 4. The van der Waals surface area contributed by atoms with Crippen molar-refractivity contribution in [2.24, 2.45) is 0 Å². The normalized spacial score (nSPS) is 15.4. The summed E-state index contributed by atoms with van der Waals surface area (Å²) in [5.41, 5.74) is -0.0497. The van der Waals surface area contributed by atoms with Gasteiger partial charge in [0, 0.05) is 12.1 Å². The summed E-state index contributed by atoms with van der Waals surface area (Å²) in [7, 11) is 0. The number of fused-ring (bicyclic) bond motifs is 1. The zero-order chi connectivity index (χ0) is 20.4. The van der Waals surface area contributed by atoms with Gasteiger partial charge >= 0.3 is 0 Å². The molecule has 1 heterocycles. The highest BCUT2D eigenvalue weighted by Crippen LogP contribution is 2.32. The van der Waals surface area contributed by atoms with Crippen LogP contribution in [0.15, 0.2) is 30.3 Å². The molecular formula is C18H13F4N3O3. The number of nitrogens with one attached hydrogen (secondary N) is 3. The molecule has 2 aromatic carbocycles. The minimum Gasteiger partial charge on any atom is -0.346 e. The summed E-state index contributed by atoms with van der Waals surface area (Å²) in [4.78, 5) is 36.0. The lowest BCUT2D eigenvalue weighted by Gasteiger charge is -2.24. The third kappa shape index (κ3) is 3.95. The summed E-state index contributed by atoms with van der Waals surface area (Å²) in [5, 5.41) is 6.74. The fourth-order valence-electron chi connectivity index (χ4n) is 2.78. The molecule has 0 saturated heterocycles. The lowest BCUT2D eigenvalue weighted by atomic mass is 9.89. The second-order valence-corrected chi connectivity index (χ2v) is 6.03. The second kappa shape index (κ2) is 7.67. The number of halogens is 4. The van der Waals surface area contributed by atoms with Crippen LogP contribution in [-0.2, 0) is 14.4 Å². The van der Waals surface area contributed by atoms with Crippen LogP contribution in [0.3, 0.4) is 0 Å². The fraction of sp³-hybridized carbons (Fsp3) is 0.167. The highest BCUT2D eigenvalue weighted by atomic mass is 19.2. The molecule has 1 aliphatic heterocycles. The van der Waals surface area contributed by atoms with E-state index in [1.165, 1.54) is 6.07 Å². The second-order valence-electron chi connectivity index (χ2n) is 6.03. The zero-order valence-corrected chi connectivity index (χ0v) is 14.1. The maximum Gasteiger partial charge on any atom is 0.243 e. The van der Waals surface area contributed by atoms with Crippen molar-refractivity contribution in [3.8, 4) is 0 Å². The van der Waals surface area contributed by atoms with E-state index in [1.54, 1.807) is 0 Å². The first-order valence-corrected chi connectivity index (χ1v) is 8.06. The number of hydrogen-bond donors (Lipinski definition) is 3. The Bertz CT molecular complexity index is 981. The van der Waals surface area contributed by atoms with Gasteiger partial charge in [0.25, 0.3) is 0 Å². The summed E-state index contributed by atoms with van der Waals surface area (Å²) in [5.74, 6) is -8.31. The molecule has 6 nitrogen and oxygen atoms in total. The van der Waals surface area contributed by atoms with Crippen LogP contribution in [0, 0.1) is 23.3 Å². The molecule has 0 saturated carbocycles. The van der Waals surface area contributed by atoms with Crippen molar-refractivity contribution in [2.75, 3.05) is 17.2 Å². The summed E-state index contributed by atoms with van der Waals surface area (Å²) in [6.45, 7) is -0.605. The van der Waals surface area contributed by atoms with Crippen LogP contribution in [-0.4, -0.2) is 24.3 Å². The van der Waals surface area contributed by atoms with Gasteiger partial charge in [-0.05, 0) is 29.8 Å². The standard InChI is InChI=1S/C18H13F4N3O3/c19-8-1-2-9-10(6-14(26)25-13(9)5-8)18(28)23-7-15(27)24-12-4-3-11(20)16(21)17(12)22/h1-5,10H,6-7H2,(H,23,28)(H,24,27)(H,25,26). The fourth-order valence-corrected chi connectivity index (χ4v) is 2.78. The van der Waals surface area contributed by atoms with Crippen molar-refractivity contribution in [2.45, 2.75) is 12.3 Å².